The Morgan fingerprint density at radius 1 is 1.06 bits per heavy atom. The van der Waals surface area contributed by atoms with Crippen LogP contribution in [0, 0.1) is 0 Å². The van der Waals surface area contributed by atoms with Crippen molar-refractivity contribution in [3.8, 4) is 5.69 Å². The Bertz CT molecular complexity index is 758. The van der Waals surface area contributed by atoms with Crippen molar-refractivity contribution in [2.75, 3.05) is 5.32 Å². The monoisotopic (exact) mass is 254 g/mol. The first-order valence-electron chi connectivity index (χ1n) is 5.96. The van der Waals surface area contributed by atoms with Gasteiger partial charge in [0, 0.05) is 16.1 Å². The first kappa shape index (κ1) is 10.0. The fraction of sp³-hybridized carbons (Fsp3) is 0.0667. The van der Waals surface area contributed by atoms with Gasteiger partial charge in [-0.05, 0) is 36.4 Å². The maximum atomic E-state index is 6.06. The second kappa shape index (κ2) is 3.53. The van der Waals surface area contributed by atoms with E-state index >= 15 is 0 Å². The van der Waals surface area contributed by atoms with Crippen molar-refractivity contribution in [3.63, 3.8) is 0 Å². The molecule has 2 heterocycles. The predicted molar refractivity (Wildman–Crippen MR) is 75.6 cm³/mol. The van der Waals surface area contributed by atoms with Gasteiger partial charge in [-0.25, -0.2) is 0 Å². The number of nitrogens with one attached hydrogen (secondary N) is 1. The topological polar surface area (TPSA) is 17.0 Å². The first-order valence-corrected chi connectivity index (χ1v) is 6.34. The average Bonchev–Trinajstić information content (AvgIpc) is 2.76. The molecule has 4 rings (SSSR count). The van der Waals surface area contributed by atoms with Gasteiger partial charge in [0.2, 0.25) is 0 Å². The maximum Gasteiger partial charge on any atom is 0.0691 e. The lowest BCUT2D eigenvalue weighted by Gasteiger charge is -2.21. The third-order valence-corrected chi connectivity index (χ3v) is 3.68. The van der Waals surface area contributed by atoms with Gasteiger partial charge in [0.1, 0.15) is 0 Å². The van der Waals surface area contributed by atoms with E-state index in [-0.39, 0.29) is 0 Å². The van der Waals surface area contributed by atoms with Crippen molar-refractivity contribution < 1.29 is 0 Å². The van der Waals surface area contributed by atoms with Gasteiger partial charge in [0.25, 0.3) is 0 Å². The lowest BCUT2D eigenvalue weighted by molar-refractivity contribution is 0.931. The molecule has 0 atom stereocenters. The van der Waals surface area contributed by atoms with Crippen LogP contribution < -0.4 is 5.32 Å². The molecule has 3 aromatic rings. The fourth-order valence-corrected chi connectivity index (χ4v) is 2.84. The van der Waals surface area contributed by atoms with E-state index in [1.54, 1.807) is 0 Å². The third-order valence-electron chi connectivity index (χ3n) is 3.44. The minimum Gasteiger partial charge on any atom is -0.378 e. The summed E-state index contributed by atoms with van der Waals surface area (Å²) in [6.07, 6.45) is 0. The zero-order valence-corrected chi connectivity index (χ0v) is 10.4. The molecule has 0 bridgehead atoms. The number of rotatable bonds is 0. The minimum atomic E-state index is 0.784. The van der Waals surface area contributed by atoms with Crippen LogP contribution in [0.3, 0.4) is 0 Å². The van der Waals surface area contributed by atoms with Crippen molar-refractivity contribution in [1.82, 2.24) is 4.57 Å². The number of anilines is 1. The highest BCUT2D eigenvalue weighted by atomic mass is 35.5. The Hall–Kier alpha value is -1.93. The van der Waals surface area contributed by atoms with Gasteiger partial charge in [-0.1, -0.05) is 23.7 Å². The number of nitrogens with zero attached hydrogens (tertiary/aromatic N) is 1. The van der Waals surface area contributed by atoms with Crippen molar-refractivity contribution in [1.29, 1.82) is 0 Å². The van der Waals surface area contributed by atoms with Gasteiger partial charge in [0.05, 0.1) is 23.4 Å². The molecular formula is C15H11ClN2. The minimum absolute atomic E-state index is 0.784. The number of para-hydroxylation sites is 2. The molecule has 1 aliphatic rings. The number of hydrogen-bond acceptors (Lipinski definition) is 1. The zero-order chi connectivity index (χ0) is 12.1. The quantitative estimate of drug-likeness (QED) is 0.636. The van der Waals surface area contributed by atoms with Gasteiger partial charge < -0.3 is 9.88 Å². The Balaban J connectivity index is 2.11. The highest BCUT2D eigenvalue weighted by molar-refractivity contribution is 6.31. The van der Waals surface area contributed by atoms with E-state index in [0.717, 1.165) is 11.6 Å². The molecule has 0 saturated heterocycles. The summed E-state index contributed by atoms with van der Waals surface area (Å²) in [7, 11) is 0. The normalized spacial score (nSPS) is 12.9. The lowest BCUT2D eigenvalue weighted by atomic mass is 10.2. The number of fused-ring (bicyclic) bond motifs is 5. The SMILES string of the molecule is Clc1ccc2c(c1)cc1n2-c2ccccc2NC1. The predicted octanol–water partition coefficient (Wildman–Crippen LogP) is 4.21. The Morgan fingerprint density at radius 2 is 1.94 bits per heavy atom. The molecule has 2 aromatic carbocycles. The summed E-state index contributed by atoms with van der Waals surface area (Å²) in [6, 6.07) is 16.6. The van der Waals surface area contributed by atoms with E-state index in [4.69, 9.17) is 11.6 Å². The Labute approximate surface area is 110 Å². The van der Waals surface area contributed by atoms with E-state index in [2.05, 4.69) is 46.3 Å². The van der Waals surface area contributed by atoms with Crippen LogP contribution in [-0.4, -0.2) is 4.57 Å². The van der Waals surface area contributed by atoms with Crippen LogP contribution in [0.2, 0.25) is 5.02 Å². The summed E-state index contributed by atoms with van der Waals surface area (Å²) in [5.74, 6) is 0. The summed E-state index contributed by atoms with van der Waals surface area (Å²) >= 11 is 6.06. The molecule has 88 valence electrons. The summed E-state index contributed by atoms with van der Waals surface area (Å²) < 4.78 is 2.30. The van der Waals surface area contributed by atoms with Crippen molar-refractivity contribution in [3.05, 3.63) is 59.2 Å². The molecule has 0 spiro atoms. The number of benzene rings is 2. The molecule has 0 radical (unpaired) electrons. The second-order valence-electron chi connectivity index (χ2n) is 4.54. The Kier molecular flexibility index (Phi) is 1.97. The molecule has 1 aromatic heterocycles. The molecule has 0 saturated carbocycles. The van der Waals surface area contributed by atoms with Crippen LogP contribution in [0.25, 0.3) is 16.6 Å². The summed E-state index contributed by atoms with van der Waals surface area (Å²) in [5, 5.41) is 5.42. The average molecular weight is 255 g/mol. The van der Waals surface area contributed by atoms with Crippen molar-refractivity contribution in [2.24, 2.45) is 0 Å². The molecule has 18 heavy (non-hydrogen) atoms. The first-order chi connectivity index (χ1) is 8.83. The van der Waals surface area contributed by atoms with Crippen LogP contribution in [0.5, 0.6) is 0 Å². The molecule has 0 aliphatic carbocycles. The summed E-state index contributed by atoms with van der Waals surface area (Å²) in [4.78, 5) is 0. The molecule has 3 heteroatoms. The van der Waals surface area contributed by atoms with Gasteiger partial charge in [-0.2, -0.15) is 0 Å². The number of hydrogen-bond donors (Lipinski definition) is 1. The summed E-state index contributed by atoms with van der Waals surface area (Å²) in [6.45, 7) is 0.851. The van der Waals surface area contributed by atoms with E-state index in [0.29, 0.717) is 0 Å². The maximum absolute atomic E-state index is 6.06. The van der Waals surface area contributed by atoms with Crippen LogP contribution >= 0.6 is 11.6 Å². The summed E-state index contributed by atoms with van der Waals surface area (Å²) in [5.41, 5.74) is 4.86. The van der Waals surface area contributed by atoms with Crippen molar-refractivity contribution in [2.45, 2.75) is 6.54 Å². The van der Waals surface area contributed by atoms with E-state index in [9.17, 15) is 0 Å². The van der Waals surface area contributed by atoms with Gasteiger partial charge in [-0.3, -0.25) is 0 Å². The number of halogens is 1. The van der Waals surface area contributed by atoms with Crippen LogP contribution in [0.15, 0.2) is 48.5 Å². The Morgan fingerprint density at radius 3 is 2.89 bits per heavy atom. The van der Waals surface area contributed by atoms with Gasteiger partial charge >= 0.3 is 0 Å². The standard InChI is InChI=1S/C15H11ClN2/c16-11-5-6-14-10(7-11)8-12-9-17-13-3-1-2-4-15(13)18(12)14/h1-8,17H,9H2. The lowest BCUT2D eigenvalue weighted by Crippen LogP contribution is -2.14. The molecule has 0 fully saturated rings. The van der Waals surface area contributed by atoms with Crippen LogP contribution in [0.4, 0.5) is 5.69 Å². The smallest absolute Gasteiger partial charge is 0.0691 e. The molecular weight excluding hydrogens is 244 g/mol. The van der Waals surface area contributed by atoms with Crippen LogP contribution in [0.1, 0.15) is 5.69 Å². The second-order valence-corrected chi connectivity index (χ2v) is 4.98. The molecule has 1 N–H and O–H groups in total. The fourth-order valence-electron chi connectivity index (χ4n) is 2.66. The van der Waals surface area contributed by atoms with Gasteiger partial charge in [-0.15, -0.1) is 0 Å². The van der Waals surface area contributed by atoms with Crippen molar-refractivity contribution >= 4 is 28.2 Å². The highest BCUT2D eigenvalue weighted by Gasteiger charge is 2.17. The van der Waals surface area contributed by atoms with Gasteiger partial charge in [0.15, 0.2) is 0 Å². The highest BCUT2D eigenvalue weighted by Crippen LogP contribution is 2.33. The molecule has 1 aliphatic heterocycles. The zero-order valence-electron chi connectivity index (χ0n) is 9.65. The largest absolute Gasteiger partial charge is 0.378 e. The molecule has 0 amide bonds. The number of aromatic nitrogens is 1. The van der Waals surface area contributed by atoms with E-state index < -0.39 is 0 Å². The van der Waals surface area contributed by atoms with Crippen LogP contribution in [-0.2, 0) is 6.54 Å². The molecule has 2 nitrogen and oxygen atoms in total. The van der Waals surface area contributed by atoms with E-state index in [1.165, 1.54) is 28.0 Å². The van der Waals surface area contributed by atoms with E-state index in [1.807, 2.05) is 12.1 Å². The molecule has 0 unspecified atom stereocenters. The third kappa shape index (κ3) is 1.30.